The molecule has 226 valence electrons. The third-order valence-electron chi connectivity index (χ3n) is 9.87. The normalized spacial score (nSPS) is 27.5. The molecule has 0 unspecified atom stereocenters. The molecule has 1 aromatic heterocycles. The van der Waals surface area contributed by atoms with Gasteiger partial charge in [-0.25, -0.2) is 22.2 Å². The number of alkyl halides is 2. The molecule has 1 N–H and O–H groups in total. The predicted molar refractivity (Wildman–Crippen MR) is 154 cm³/mol. The van der Waals surface area contributed by atoms with Crippen LogP contribution in [-0.4, -0.2) is 55.4 Å². The summed E-state index contributed by atoms with van der Waals surface area (Å²) in [6, 6.07) is 10.0. The Morgan fingerprint density at radius 1 is 1.05 bits per heavy atom. The van der Waals surface area contributed by atoms with Crippen LogP contribution in [0.1, 0.15) is 88.7 Å². The molecule has 8 nitrogen and oxygen atoms in total. The summed E-state index contributed by atoms with van der Waals surface area (Å²) in [5.74, 6) is -2.14. The Kier molecular flexibility index (Phi) is 7.35. The molecule has 6 rings (SSSR count). The van der Waals surface area contributed by atoms with Gasteiger partial charge in [-0.1, -0.05) is 31.9 Å². The average molecular weight is 601 g/mol. The number of halogens is 2. The van der Waals surface area contributed by atoms with Crippen molar-refractivity contribution in [1.29, 1.82) is 5.26 Å². The first-order valence-electron chi connectivity index (χ1n) is 15.1. The van der Waals surface area contributed by atoms with Crippen molar-refractivity contribution in [2.45, 2.75) is 93.9 Å². The largest absolute Gasteiger partial charge is 0.444 e. The molecule has 2 atom stereocenters. The molecule has 0 spiro atoms. The predicted octanol–water partition coefficient (Wildman–Crippen LogP) is 5.49. The van der Waals surface area contributed by atoms with Gasteiger partial charge in [0.25, 0.3) is 0 Å². The van der Waals surface area contributed by atoms with Gasteiger partial charge in [-0.15, -0.1) is 0 Å². The zero-order valence-corrected chi connectivity index (χ0v) is 24.8. The summed E-state index contributed by atoms with van der Waals surface area (Å²) >= 11 is 0. The number of nitriles is 1. The van der Waals surface area contributed by atoms with Gasteiger partial charge in [0.05, 0.1) is 17.6 Å². The molecule has 0 radical (unpaired) electrons. The van der Waals surface area contributed by atoms with Gasteiger partial charge in [-0.2, -0.15) is 5.26 Å². The molecule has 4 aliphatic rings. The second-order valence-electron chi connectivity index (χ2n) is 13.0. The molecule has 3 saturated carbocycles. The highest BCUT2D eigenvalue weighted by Gasteiger charge is 2.48. The number of carbonyl (C=O) groups is 1. The van der Waals surface area contributed by atoms with Gasteiger partial charge in [0.2, 0.25) is 17.7 Å². The van der Waals surface area contributed by atoms with Crippen LogP contribution >= 0.6 is 0 Å². The van der Waals surface area contributed by atoms with Gasteiger partial charge in [0, 0.05) is 54.4 Å². The number of oxazole rings is 1. The smallest absolute Gasteiger partial charge is 0.248 e. The van der Waals surface area contributed by atoms with Gasteiger partial charge in [-0.3, -0.25) is 4.79 Å². The monoisotopic (exact) mass is 600 g/mol. The molecule has 1 aliphatic heterocycles. The number of nitrogens with one attached hydrogen (secondary N) is 1. The highest BCUT2D eigenvalue weighted by atomic mass is 32.2. The molecule has 2 aromatic rings. The van der Waals surface area contributed by atoms with E-state index in [1.165, 1.54) is 0 Å². The van der Waals surface area contributed by atoms with Crippen LogP contribution in [-0.2, 0) is 20.0 Å². The standard InChI is InChI=1S/C31H38F2N4O4S/c1-29(10-14-31(32,33)15-11-29)28-35-25(21-6-8-22(9-7-21)37-16-18-42(39,40)19-17-37)26(41-28)23-4-2-3-5-24(23)27(38)36-30(20-34)12-13-30/h6-9,23-24H,2-5,10-19H2,1H3,(H,36,38)/t23-,24-/m1/s1. The summed E-state index contributed by atoms with van der Waals surface area (Å²) < 4.78 is 58.5. The van der Waals surface area contributed by atoms with Crippen LogP contribution < -0.4 is 10.2 Å². The SMILES string of the molecule is CC1(c2nc(-c3ccc(N4CCS(=O)(=O)CC4)cc3)c([C@@H]3CCCC[C@H]3C(=O)NC3(C#N)CC3)o2)CCC(F)(F)CC1. The molecule has 3 aliphatic carbocycles. The Balaban J connectivity index is 1.34. The lowest BCUT2D eigenvalue weighted by molar-refractivity contribution is -0.127. The van der Waals surface area contributed by atoms with Crippen LogP contribution in [0.5, 0.6) is 0 Å². The minimum absolute atomic E-state index is 0.126. The van der Waals surface area contributed by atoms with Crippen molar-refractivity contribution in [3.63, 3.8) is 0 Å². The first-order chi connectivity index (χ1) is 19.9. The van der Waals surface area contributed by atoms with Crippen molar-refractivity contribution in [3.05, 3.63) is 35.9 Å². The number of hydrogen-bond acceptors (Lipinski definition) is 7. The number of nitrogens with zero attached hydrogens (tertiary/aromatic N) is 3. The van der Waals surface area contributed by atoms with E-state index in [0.29, 0.717) is 49.7 Å². The van der Waals surface area contributed by atoms with Crippen molar-refractivity contribution in [3.8, 4) is 17.3 Å². The minimum atomic E-state index is -3.00. The first kappa shape index (κ1) is 29.1. The minimum Gasteiger partial charge on any atom is -0.444 e. The van der Waals surface area contributed by atoms with Crippen LogP contribution in [0.4, 0.5) is 14.5 Å². The number of sulfone groups is 1. The third-order valence-corrected chi connectivity index (χ3v) is 11.5. The molecular weight excluding hydrogens is 562 g/mol. The number of rotatable bonds is 6. The zero-order chi connectivity index (χ0) is 29.8. The van der Waals surface area contributed by atoms with E-state index in [-0.39, 0.29) is 54.9 Å². The summed E-state index contributed by atoms with van der Waals surface area (Å²) in [6.45, 7) is 2.81. The van der Waals surface area contributed by atoms with Crippen molar-refractivity contribution < 1.29 is 26.4 Å². The van der Waals surface area contributed by atoms with Gasteiger partial charge in [0.1, 0.15) is 17.0 Å². The second-order valence-corrected chi connectivity index (χ2v) is 15.3. The van der Waals surface area contributed by atoms with Crippen LogP contribution in [0.25, 0.3) is 11.3 Å². The van der Waals surface area contributed by atoms with E-state index < -0.39 is 26.7 Å². The number of benzene rings is 1. The van der Waals surface area contributed by atoms with Gasteiger partial charge >= 0.3 is 0 Å². The average Bonchev–Trinajstić information content (AvgIpc) is 3.60. The highest BCUT2D eigenvalue weighted by Crippen LogP contribution is 2.49. The van der Waals surface area contributed by atoms with Crippen molar-refractivity contribution in [2.24, 2.45) is 5.92 Å². The highest BCUT2D eigenvalue weighted by molar-refractivity contribution is 7.91. The molecule has 1 aromatic carbocycles. The summed E-state index contributed by atoms with van der Waals surface area (Å²) in [5.41, 5.74) is 0.945. The van der Waals surface area contributed by atoms with E-state index in [9.17, 15) is 27.3 Å². The van der Waals surface area contributed by atoms with Crippen molar-refractivity contribution >= 4 is 21.4 Å². The Hall–Kier alpha value is -3.00. The Bertz CT molecular complexity index is 1470. The summed E-state index contributed by atoms with van der Waals surface area (Å²) in [6.07, 6.45) is 4.62. The van der Waals surface area contributed by atoms with Crippen LogP contribution in [0.2, 0.25) is 0 Å². The van der Waals surface area contributed by atoms with Crippen molar-refractivity contribution in [2.75, 3.05) is 29.5 Å². The molecule has 1 saturated heterocycles. The van der Waals surface area contributed by atoms with Gasteiger partial charge in [-0.05, 0) is 50.7 Å². The maximum absolute atomic E-state index is 14.1. The number of aromatic nitrogens is 1. The van der Waals surface area contributed by atoms with E-state index in [1.807, 2.05) is 36.1 Å². The molecule has 1 amide bonds. The zero-order valence-electron chi connectivity index (χ0n) is 24.0. The van der Waals surface area contributed by atoms with E-state index in [4.69, 9.17) is 9.40 Å². The lowest BCUT2D eigenvalue weighted by atomic mass is 9.74. The van der Waals surface area contributed by atoms with Gasteiger partial charge < -0.3 is 14.6 Å². The van der Waals surface area contributed by atoms with Crippen molar-refractivity contribution in [1.82, 2.24) is 10.3 Å². The topological polar surface area (TPSA) is 116 Å². The Labute approximate surface area is 245 Å². The van der Waals surface area contributed by atoms with Crippen LogP contribution in [0, 0.1) is 17.2 Å². The molecule has 42 heavy (non-hydrogen) atoms. The maximum Gasteiger partial charge on any atom is 0.248 e. The maximum atomic E-state index is 14.1. The van der Waals surface area contributed by atoms with E-state index >= 15 is 0 Å². The summed E-state index contributed by atoms with van der Waals surface area (Å²) in [4.78, 5) is 20.5. The molecular formula is C31H38F2N4O4S. The van der Waals surface area contributed by atoms with Crippen LogP contribution in [0.3, 0.4) is 0 Å². The molecule has 4 fully saturated rings. The molecule has 11 heteroatoms. The lowest BCUT2D eigenvalue weighted by Crippen LogP contribution is -2.42. The van der Waals surface area contributed by atoms with Gasteiger partial charge in [0.15, 0.2) is 9.84 Å². The summed E-state index contributed by atoms with van der Waals surface area (Å²) in [7, 11) is -3.00. The van der Waals surface area contributed by atoms with E-state index in [1.54, 1.807) is 0 Å². The number of anilines is 1. The molecule has 0 bridgehead atoms. The fraction of sp³-hybridized carbons (Fsp3) is 0.645. The summed E-state index contributed by atoms with van der Waals surface area (Å²) in [5, 5.41) is 12.5. The second kappa shape index (κ2) is 10.6. The lowest BCUT2D eigenvalue weighted by Gasteiger charge is -2.34. The van der Waals surface area contributed by atoms with E-state index in [0.717, 1.165) is 30.5 Å². The van der Waals surface area contributed by atoms with E-state index in [2.05, 4.69) is 11.4 Å². The number of carbonyl (C=O) groups excluding carboxylic acids is 1. The first-order valence-corrected chi connectivity index (χ1v) is 16.9. The number of amides is 1. The van der Waals surface area contributed by atoms with Crippen LogP contribution in [0.15, 0.2) is 28.7 Å². The quantitative estimate of drug-likeness (QED) is 0.466. The Morgan fingerprint density at radius 3 is 2.31 bits per heavy atom. The molecule has 2 heterocycles. The Morgan fingerprint density at radius 2 is 1.69 bits per heavy atom. The third kappa shape index (κ3) is 5.79. The fourth-order valence-corrected chi connectivity index (χ4v) is 7.91. The number of hydrogen-bond donors (Lipinski definition) is 1. The fourth-order valence-electron chi connectivity index (χ4n) is 6.71.